The van der Waals surface area contributed by atoms with Crippen molar-refractivity contribution in [3.63, 3.8) is 0 Å². The van der Waals surface area contributed by atoms with Gasteiger partial charge in [-0.1, -0.05) is 0 Å². The number of aliphatic hydroxyl groups excluding tert-OH is 1. The Bertz CT molecular complexity index is 513. The van der Waals surface area contributed by atoms with Crippen LogP contribution in [0.5, 0.6) is 0 Å². The van der Waals surface area contributed by atoms with Crippen molar-refractivity contribution in [1.29, 1.82) is 0 Å². The van der Waals surface area contributed by atoms with E-state index in [9.17, 15) is 20.0 Å². The molecule has 0 radical (unpaired) electrons. The van der Waals surface area contributed by atoms with Crippen molar-refractivity contribution in [2.24, 2.45) is 0 Å². The van der Waals surface area contributed by atoms with Gasteiger partial charge >= 0.3 is 5.97 Å². The van der Waals surface area contributed by atoms with Gasteiger partial charge in [0.1, 0.15) is 0 Å². The molecule has 19 heavy (non-hydrogen) atoms. The van der Waals surface area contributed by atoms with Crippen LogP contribution in [-0.4, -0.2) is 40.3 Å². The van der Waals surface area contributed by atoms with E-state index in [1.165, 1.54) is 17.0 Å². The first kappa shape index (κ1) is 14.9. The number of non-ortho nitro benzene ring substituents is 1. The Morgan fingerprint density at radius 1 is 1.47 bits per heavy atom. The van der Waals surface area contributed by atoms with Crippen molar-refractivity contribution in [2.75, 3.05) is 18.6 Å². The Balaban J connectivity index is 3.40. The molecule has 1 aromatic rings. The van der Waals surface area contributed by atoms with Crippen LogP contribution in [0.15, 0.2) is 18.2 Å². The maximum absolute atomic E-state index is 11.2. The standard InChI is InChI=1S/C12H16N2O5/c1-12(2,7-15)13(3)10-6-8(14(18)19)4-5-9(10)11(16)17/h4-6,15H,7H2,1-3H3,(H,16,17). The van der Waals surface area contributed by atoms with Gasteiger partial charge in [0, 0.05) is 19.2 Å². The van der Waals surface area contributed by atoms with Crippen LogP contribution in [0.25, 0.3) is 0 Å². The quantitative estimate of drug-likeness (QED) is 0.619. The minimum atomic E-state index is -1.18. The highest BCUT2D eigenvalue weighted by Gasteiger charge is 2.27. The number of anilines is 1. The van der Waals surface area contributed by atoms with Crippen LogP contribution >= 0.6 is 0 Å². The predicted molar refractivity (Wildman–Crippen MR) is 69.6 cm³/mol. The zero-order valence-electron chi connectivity index (χ0n) is 11.0. The van der Waals surface area contributed by atoms with E-state index in [0.717, 1.165) is 6.07 Å². The molecule has 0 aliphatic heterocycles. The highest BCUT2D eigenvalue weighted by molar-refractivity contribution is 5.95. The molecule has 1 rings (SSSR count). The van der Waals surface area contributed by atoms with E-state index in [2.05, 4.69) is 0 Å². The Kier molecular flexibility index (Phi) is 4.10. The fourth-order valence-corrected chi connectivity index (χ4v) is 1.52. The fraction of sp³-hybridized carbons (Fsp3) is 0.417. The molecule has 0 saturated heterocycles. The third-order valence-electron chi connectivity index (χ3n) is 3.08. The number of aromatic carboxylic acids is 1. The van der Waals surface area contributed by atoms with Gasteiger partial charge in [0.2, 0.25) is 0 Å². The second-order valence-corrected chi connectivity index (χ2v) is 4.79. The van der Waals surface area contributed by atoms with E-state index in [-0.39, 0.29) is 23.5 Å². The maximum Gasteiger partial charge on any atom is 0.337 e. The number of rotatable bonds is 5. The topological polar surface area (TPSA) is 104 Å². The van der Waals surface area contributed by atoms with Crippen molar-refractivity contribution < 1.29 is 19.9 Å². The number of carbonyl (C=O) groups is 1. The lowest BCUT2D eigenvalue weighted by atomic mass is 10.0. The second kappa shape index (κ2) is 5.23. The lowest BCUT2D eigenvalue weighted by Gasteiger charge is -2.36. The summed E-state index contributed by atoms with van der Waals surface area (Å²) in [5.41, 5.74) is -0.782. The predicted octanol–water partition coefficient (Wildman–Crippen LogP) is 1.50. The number of aliphatic hydroxyl groups is 1. The van der Waals surface area contributed by atoms with Crippen molar-refractivity contribution in [2.45, 2.75) is 19.4 Å². The van der Waals surface area contributed by atoms with Gasteiger partial charge in [-0.2, -0.15) is 0 Å². The summed E-state index contributed by atoms with van der Waals surface area (Å²) in [5, 5.41) is 29.2. The van der Waals surface area contributed by atoms with Crippen molar-refractivity contribution in [3.8, 4) is 0 Å². The summed E-state index contributed by atoms with van der Waals surface area (Å²) in [4.78, 5) is 22.9. The largest absolute Gasteiger partial charge is 0.478 e. The maximum atomic E-state index is 11.2. The van der Waals surface area contributed by atoms with Crippen molar-refractivity contribution in [3.05, 3.63) is 33.9 Å². The average molecular weight is 268 g/mol. The van der Waals surface area contributed by atoms with Gasteiger partial charge in [-0.05, 0) is 19.9 Å². The Morgan fingerprint density at radius 3 is 2.47 bits per heavy atom. The molecule has 0 fully saturated rings. The van der Waals surface area contributed by atoms with E-state index in [1.807, 2.05) is 0 Å². The molecule has 0 aliphatic carbocycles. The smallest absolute Gasteiger partial charge is 0.337 e. The molecule has 0 heterocycles. The third-order valence-corrected chi connectivity index (χ3v) is 3.08. The van der Waals surface area contributed by atoms with Gasteiger partial charge in [0.15, 0.2) is 0 Å². The molecule has 0 amide bonds. The first-order valence-electron chi connectivity index (χ1n) is 5.57. The van der Waals surface area contributed by atoms with Gasteiger partial charge < -0.3 is 15.1 Å². The Hall–Kier alpha value is -2.15. The zero-order chi connectivity index (χ0) is 14.8. The molecule has 0 saturated carbocycles. The van der Waals surface area contributed by atoms with Crippen LogP contribution in [-0.2, 0) is 0 Å². The van der Waals surface area contributed by atoms with Gasteiger partial charge in [0.05, 0.1) is 28.3 Å². The van der Waals surface area contributed by atoms with Crippen LogP contribution in [0.2, 0.25) is 0 Å². The molecule has 1 aromatic carbocycles. The molecule has 0 bridgehead atoms. The van der Waals surface area contributed by atoms with Crippen LogP contribution in [0.3, 0.4) is 0 Å². The second-order valence-electron chi connectivity index (χ2n) is 4.79. The number of carboxylic acid groups (broad SMARTS) is 1. The van der Waals surface area contributed by atoms with Crippen molar-refractivity contribution >= 4 is 17.3 Å². The number of nitro benzene ring substituents is 1. The molecular weight excluding hydrogens is 252 g/mol. The molecule has 0 spiro atoms. The average Bonchev–Trinajstić information content (AvgIpc) is 2.36. The molecule has 7 heteroatoms. The summed E-state index contributed by atoms with van der Waals surface area (Å²) in [6.07, 6.45) is 0. The lowest BCUT2D eigenvalue weighted by Crippen LogP contribution is -2.45. The van der Waals surface area contributed by atoms with Crippen LogP contribution in [0, 0.1) is 10.1 Å². The number of benzene rings is 1. The summed E-state index contributed by atoms with van der Waals surface area (Å²) in [6.45, 7) is 3.19. The molecule has 0 aromatic heterocycles. The minimum absolute atomic E-state index is 0.0466. The molecule has 0 atom stereocenters. The van der Waals surface area contributed by atoms with E-state index >= 15 is 0 Å². The first-order chi connectivity index (χ1) is 8.70. The molecule has 7 nitrogen and oxygen atoms in total. The van der Waals surface area contributed by atoms with Crippen LogP contribution in [0.1, 0.15) is 24.2 Å². The number of carboxylic acids is 1. The highest BCUT2D eigenvalue weighted by atomic mass is 16.6. The minimum Gasteiger partial charge on any atom is -0.478 e. The Labute approximate surface area is 110 Å². The van der Waals surface area contributed by atoms with Crippen LogP contribution < -0.4 is 4.90 Å². The normalized spacial score (nSPS) is 11.2. The number of hydrogen-bond donors (Lipinski definition) is 2. The highest BCUT2D eigenvalue weighted by Crippen LogP contribution is 2.29. The van der Waals surface area contributed by atoms with Gasteiger partial charge in [-0.25, -0.2) is 4.79 Å². The monoisotopic (exact) mass is 268 g/mol. The summed E-state index contributed by atoms with van der Waals surface area (Å²) >= 11 is 0. The molecule has 0 aliphatic rings. The Morgan fingerprint density at radius 2 is 2.05 bits per heavy atom. The van der Waals surface area contributed by atoms with E-state index < -0.39 is 16.4 Å². The summed E-state index contributed by atoms with van der Waals surface area (Å²) in [6, 6.07) is 3.54. The zero-order valence-corrected chi connectivity index (χ0v) is 11.0. The number of hydrogen-bond acceptors (Lipinski definition) is 5. The summed E-state index contributed by atoms with van der Waals surface area (Å²) < 4.78 is 0. The van der Waals surface area contributed by atoms with Gasteiger partial charge in [0.25, 0.3) is 5.69 Å². The molecule has 2 N–H and O–H groups in total. The molecule has 104 valence electrons. The van der Waals surface area contributed by atoms with E-state index in [4.69, 9.17) is 5.11 Å². The molecule has 0 unspecified atom stereocenters. The summed E-state index contributed by atoms with van der Waals surface area (Å²) in [7, 11) is 1.59. The number of likely N-dealkylation sites (N-methyl/N-ethyl adjacent to an activating group) is 1. The lowest BCUT2D eigenvalue weighted by molar-refractivity contribution is -0.384. The van der Waals surface area contributed by atoms with Crippen LogP contribution in [0.4, 0.5) is 11.4 Å². The number of nitro groups is 1. The van der Waals surface area contributed by atoms with E-state index in [1.54, 1.807) is 20.9 Å². The number of nitrogens with zero attached hydrogens (tertiary/aromatic N) is 2. The molecular formula is C12H16N2O5. The third kappa shape index (κ3) is 3.00. The van der Waals surface area contributed by atoms with E-state index in [0.29, 0.717) is 0 Å². The first-order valence-corrected chi connectivity index (χ1v) is 5.57. The SMILES string of the molecule is CN(c1cc([N+](=O)[O-])ccc1C(=O)O)C(C)(C)CO. The van der Waals surface area contributed by atoms with Crippen molar-refractivity contribution in [1.82, 2.24) is 0 Å². The van der Waals surface area contributed by atoms with Gasteiger partial charge in [-0.3, -0.25) is 10.1 Å². The van der Waals surface area contributed by atoms with Gasteiger partial charge in [-0.15, -0.1) is 0 Å². The fourth-order valence-electron chi connectivity index (χ4n) is 1.52. The summed E-state index contributed by atoms with van der Waals surface area (Å²) in [5.74, 6) is -1.18.